The highest BCUT2D eigenvalue weighted by atomic mass is 16.5. The van der Waals surface area contributed by atoms with Gasteiger partial charge in [-0.05, 0) is 24.6 Å². The van der Waals surface area contributed by atoms with Crippen LogP contribution in [0.15, 0.2) is 66.7 Å². The largest absolute Gasteiger partial charge is 0.493 e. The third kappa shape index (κ3) is 4.06. The van der Waals surface area contributed by atoms with Crippen LogP contribution in [0.4, 0.5) is 0 Å². The lowest BCUT2D eigenvalue weighted by Crippen LogP contribution is -2.07. The van der Waals surface area contributed by atoms with Gasteiger partial charge >= 0.3 is 0 Å². The molecule has 124 valence electrons. The van der Waals surface area contributed by atoms with Crippen LogP contribution in [0.1, 0.15) is 12.5 Å². The van der Waals surface area contributed by atoms with E-state index in [1.54, 1.807) is 0 Å². The number of hydrogen-bond acceptors (Lipinski definition) is 3. The summed E-state index contributed by atoms with van der Waals surface area (Å²) >= 11 is 0. The molecule has 0 unspecified atom stereocenters. The Morgan fingerprint density at radius 2 is 1.33 bits per heavy atom. The molecular weight excluding hydrogens is 300 g/mol. The molecule has 0 fully saturated rings. The zero-order chi connectivity index (χ0) is 16.6. The van der Waals surface area contributed by atoms with Crippen molar-refractivity contribution >= 4 is 10.8 Å². The molecule has 0 heterocycles. The van der Waals surface area contributed by atoms with Crippen molar-refractivity contribution in [3.63, 3.8) is 0 Å². The highest BCUT2D eigenvalue weighted by Gasteiger charge is 2.06. The molecule has 3 heteroatoms. The fourth-order valence-corrected chi connectivity index (χ4v) is 2.63. The van der Waals surface area contributed by atoms with Gasteiger partial charge in [0.15, 0.2) is 0 Å². The van der Waals surface area contributed by atoms with Crippen molar-refractivity contribution in [1.82, 2.24) is 0 Å². The first-order chi connectivity index (χ1) is 11.9. The second-order valence-electron chi connectivity index (χ2n) is 5.43. The molecule has 0 aromatic heterocycles. The molecule has 3 aromatic rings. The fourth-order valence-electron chi connectivity index (χ4n) is 2.63. The monoisotopic (exact) mass is 322 g/mol. The molecule has 0 aliphatic heterocycles. The third-order valence-electron chi connectivity index (χ3n) is 3.74. The van der Waals surface area contributed by atoms with Crippen LogP contribution in [0.3, 0.4) is 0 Å². The van der Waals surface area contributed by atoms with E-state index in [9.17, 15) is 0 Å². The average Bonchev–Trinajstić information content (AvgIpc) is 2.63. The first-order valence-corrected chi connectivity index (χ1v) is 8.27. The Morgan fingerprint density at radius 1 is 0.667 bits per heavy atom. The minimum atomic E-state index is 0.519. The zero-order valence-corrected chi connectivity index (χ0v) is 13.9. The summed E-state index contributed by atoms with van der Waals surface area (Å²) in [6.45, 7) is 4.32. The standard InChI is InChI=1S/C21H22O3/c1-2-23-20-12-6-11-19-18(20)10-7-13-21(19)24-15-14-22-16-17-8-4-3-5-9-17/h3-13H,2,14-16H2,1H3. The van der Waals surface area contributed by atoms with Gasteiger partial charge in [-0.15, -0.1) is 0 Å². The second kappa shape index (κ2) is 8.37. The quantitative estimate of drug-likeness (QED) is 0.556. The summed E-state index contributed by atoms with van der Waals surface area (Å²) in [5.41, 5.74) is 1.17. The molecule has 3 aromatic carbocycles. The van der Waals surface area contributed by atoms with Gasteiger partial charge in [0.1, 0.15) is 18.1 Å². The van der Waals surface area contributed by atoms with Crippen molar-refractivity contribution in [1.29, 1.82) is 0 Å². The summed E-state index contributed by atoms with van der Waals surface area (Å²) in [5, 5.41) is 2.13. The van der Waals surface area contributed by atoms with Crippen LogP contribution >= 0.6 is 0 Å². The number of ether oxygens (including phenoxy) is 3. The normalized spacial score (nSPS) is 10.7. The summed E-state index contributed by atoms with van der Waals surface area (Å²) in [5.74, 6) is 1.75. The van der Waals surface area contributed by atoms with Gasteiger partial charge in [-0.1, -0.05) is 54.6 Å². The molecule has 0 bridgehead atoms. The van der Waals surface area contributed by atoms with Crippen LogP contribution < -0.4 is 9.47 Å². The molecule has 0 aliphatic rings. The zero-order valence-electron chi connectivity index (χ0n) is 13.9. The lowest BCUT2D eigenvalue weighted by Gasteiger charge is -2.12. The number of rotatable bonds is 8. The van der Waals surface area contributed by atoms with Crippen molar-refractivity contribution < 1.29 is 14.2 Å². The summed E-state index contributed by atoms with van der Waals surface area (Å²) in [6, 6.07) is 22.2. The van der Waals surface area contributed by atoms with Crippen LogP contribution in [-0.4, -0.2) is 19.8 Å². The molecule has 0 aliphatic carbocycles. The minimum absolute atomic E-state index is 0.519. The van der Waals surface area contributed by atoms with Gasteiger partial charge in [-0.25, -0.2) is 0 Å². The summed E-state index contributed by atoms with van der Waals surface area (Å²) in [6.07, 6.45) is 0. The first kappa shape index (κ1) is 16.3. The van der Waals surface area contributed by atoms with Crippen molar-refractivity contribution in [2.75, 3.05) is 19.8 Å². The second-order valence-corrected chi connectivity index (χ2v) is 5.43. The van der Waals surface area contributed by atoms with E-state index in [-0.39, 0.29) is 0 Å². The molecular formula is C21H22O3. The van der Waals surface area contributed by atoms with Crippen molar-refractivity contribution in [3.05, 3.63) is 72.3 Å². The van der Waals surface area contributed by atoms with Crippen LogP contribution in [0, 0.1) is 0 Å². The van der Waals surface area contributed by atoms with Crippen LogP contribution in [0.25, 0.3) is 10.8 Å². The molecule has 0 N–H and O–H groups in total. The first-order valence-electron chi connectivity index (χ1n) is 8.27. The van der Waals surface area contributed by atoms with E-state index >= 15 is 0 Å². The molecule has 0 saturated carbocycles. The maximum absolute atomic E-state index is 5.91. The van der Waals surface area contributed by atoms with E-state index in [1.165, 1.54) is 5.56 Å². The van der Waals surface area contributed by atoms with E-state index < -0.39 is 0 Å². The fraction of sp³-hybridized carbons (Fsp3) is 0.238. The van der Waals surface area contributed by atoms with Gasteiger partial charge < -0.3 is 14.2 Å². The highest BCUT2D eigenvalue weighted by molar-refractivity contribution is 5.93. The van der Waals surface area contributed by atoms with E-state index in [1.807, 2.05) is 49.4 Å². The van der Waals surface area contributed by atoms with Crippen LogP contribution in [-0.2, 0) is 11.3 Å². The maximum atomic E-state index is 5.91. The Bertz CT molecular complexity index is 768. The number of fused-ring (bicyclic) bond motifs is 1. The minimum Gasteiger partial charge on any atom is -0.493 e. The van der Waals surface area contributed by atoms with Crippen LogP contribution in [0.2, 0.25) is 0 Å². The van der Waals surface area contributed by atoms with Gasteiger partial charge in [0.05, 0.1) is 19.8 Å². The van der Waals surface area contributed by atoms with Gasteiger partial charge in [0, 0.05) is 10.8 Å². The van der Waals surface area contributed by atoms with Crippen molar-refractivity contribution in [2.24, 2.45) is 0 Å². The summed E-state index contributed by atoms with van der Waals surface area (Å²) in [7, 11) is 0. The van der Waals surface area contributed by atoms with Gasteiger partial charge in [0.25, 0.3) is 0 Å². The van der Waals surface area contributed by atoms with Crippen molar-refractivity contribution in [3.8, 4) is 11.5 Å². The van der Waals surface area contributed by atoms with Gasteiger partial charge in [-0.2, -0.15) is 0 Å². The summed E-state index contributed by atoms with van der Waals surface area (Å²) < 4.78 is 17.3. The highest BCUT2D eigenvalue weighted by Crippen LogP contribution is 2.32. The lowest BCUT2D eigenvalue weighted by atomic mass is 10.1. The molecule has 0 atom stereocenters. The Morgan fingerprint density at radius 3 is 2.00 bits per heavy atom. The van der Waals surface area contributed by atoms with E-state index in [0.29, 0.717) is 26.4 Å². The molecule has 3 nitrogen and oxygen atoms in total. The summed E-state index contributed by atoms with van der Waals surface area (Å²) in [4.78, 5) is 0. The van der Waals surface area contributed by atoms with Gasteiger partial charge in [0.2, 0.25) is 0 Å². The maximum Gasteiger partial charge on any atom is 0.127 e. The SMILES string of the molecule is CCOc1cccc2c(OCCOCc3ccccc3)cccc12. The van der Waals surface area contributed by atoms with Crippen molar-refractivity contribution in [2.45, 2.75) is 13.5 Å². The Kier molecular flexibility index (Phi) is 5.70. The third-order valence-corrected chi connectivity index (χ3v) is 3.74. The Hall–Kier alpha value is -2.52. The lowest BCUT2D eigenvalue weighted by molar-refractivity contribution is 0.0894. The predicted octanol–water partition coefficient (Wildman–Crippen LogP) is 4.83. The van der Waals surface area contributed by atoms with Crippen LogP contribution in [0.5, 0.6) is 11.5 Å². The molecule has 0 saturated heterocycles. The molecule has 24 heavy (non-hydrogen) atoms. The Labute approximate surface area is 142 Å². The number of hydrogen-bond donors (Lipinski definition) is 0. The average molecular weight is 322 g/mol. The Balaban J connectivity index is 1.58. The molecule has 0 radical (unpaired) electrons. The van der Waals surface area contributed by atoms with Gasteiger partial charge in [-0.3, -0.25) is 0 Å². The van der Waals surface area contributed by atoms with E-state index in [2.05, 4.69) is 24.3 Å². The number of benzene rings is 3. The van der Waals surface area contributed by atoms with E-state index in [0.717, 1.165) is 22.3 Å². The van der Waals surface area contributed by atoms with E-state index in [4.69, 9.17) is 14.2 Å². The predicted molar refractivity (Wildman–Crippen MR) is 96.7 cm³/mol. The molecule has 0 spiro atoms. The molecule has 0 amide bonds. The topological polar surface area (TPSA) is 27.7 Å². The smallest absolute Gasteiger partial charge is 0.127 e. The molecule has 3 rings (SSSR count).